The molecule has 0 aliphatic rings. The van der Waals surface area contributed by atoms with Gasteiger partial charge in [0.15, 0.2) is 0 Å². The van der Waals surface area contributed by atoms with Crippen LogP contribution < -0.4 is 10.6 Å². The third kappa shape index (κ3) is 7.00. The van der Waals surface area contributed by atoms with Gasteiger partial charge in [-0.25, -0.2) is 0 Å². The molecule has 6 nitrogen and oxygen atoms in total. The van der Waals surface area contributed by atoms with Gasteiger partial charge in [0.1, 0.15) is 0 Å². The van der Waals surface area contributed by atoms with Gasteiger partial charge in [0.05, 0.1) is 13.2 Å². The number of ether oxygens (including phenoxy) is 1. The van der Waals surface area contributed by atoms with E-state index in [-0.39, 0.29) is 18.4 Å². The summed E-state index contributed by atoms with van der Waals surface area (Å²) in [4.78, 5) is 26.2. The molecule has 1 aromatic carbocycles. The van der Waals surface area contributed by atoms with Gasteiger partial charge in [-0.1, -0.05) is 19.9 Å². The van der Waals surface area contributed by atoms with Crippen molar-refractivity contribution in [1.29, 1.82) is 0 Å². The Balaban J connectivity index is 2.62. The van der Waals surface area contributed by atoms with Crippen LogP contribution in [-0.4, -0.2) is 56.6 Å². The molecule has 0 saturated heterocycles. The van der Waals surface area contributed by atoms with Crippen molar-refractivity contribution < 1.29 is 14.3 Å². The van der Waals surface area contributed by atoms with Crippen molar-refractivity contribution in [3.05, 3.63) is 29.8 Å². The van der Waals surface area contributed by atoms with Crippen molar-refractivity contribution in [2.45, 2.75) is 26.7 Å². The largest absolute Gasteiger partial charge is 0.383 e. The summed E-state index contributed by atoms with van der Waals surface area (Å²) >= 11 is 0. The van der Waals surface area contributed by atoms with Crippen LogP contribution >= 0.6 is 0 Å². The van der Waals surface area contributed by atoms with Crippen LogP contribution in [0.2, 0.25) is 0 Å². The molecule has 0 fully saturated rings. The molecule has 0 heterocycles. The van der Waals surface area contributed by atoms with Crippen LogP contribution in [0.25, 0.3) is 0 Å². The summed E-state index contributed by atoms with van der Waals surface area (Å²) in [6.07, 6.45) is 1.87. The second kappa shape index (κ2) is 11.5. The summed E-state index contributed by atoms with van der Waals surface area (Å²) in [6, 6.07) is 7.28. The summed E-state index contributed by atoms with van der Waals surface area (Å²) < 4.78 is 4.88. The first-order valence-electron chi connectivity index (χ1n) is 8.51. The summed E-state index contributed by atoms with van der Waals surface area (Å²) in [6.45, 7) is 6.78. The van der Waals surface area contributed by atoms with E-state index in [2.05, 4.69) is 24.5 Å². The number of hydrogen-bond donors (Lipinski definition) is 2. The van der Waals surface area contributed by atoms with Crippen molar-refractivity contribution in [1.82, 2.24) is 10.2 Å². The van der Waals surface area contributed by atoms with Crippen molar-refractivity contribution in [2.24, 2.45) is 0 Å². The maximum Gasteiger partial charge on any atom is 0.253 e. The second-order valence-electron chi connectivity index (χ2n) is 5.57. The lowest BCUT2D eigenvalue weighted by Crippen LogP contribution is -2.33. The van der Waals surface area contributed by atoms with Crippen LogP contribution in [0.15, 0.2) is 24.3 Å². The van der Waals surface area contributed by atoms with E-state index >= 15 is 0 Å². The molecule has 0 unspecified atom stereocenters. The van der Waals surface area contributed by atoms with Crippen LogP contribution in [0.1, 0.15) is 37.0 Å². The number of hydrogen-bond acceptors (Lipinski definition) is 4. The minimum Gasteiger partial charge on any atom is -0.383 e. The molecule has 0 radical (unpaired) electrons. The van der Waals surface area contributed by atoms with Crippen molar-refractivity contribution in [2.75, 3.05) is 45.2 Å². The molecular weight excluding hydrogens is 306 g/mol. The van der Waals surface area contributed by atoms with E-state index in [0.717, 1.165) is 31.6 Å². The predicted octanol–water partition coefficient (Wildman–Crippen LogP) is 2.12. The fraction of sp³-hybridized carbons (Fsp3) is 0.556. The fourth-order valence-electron chi connectivity index (χ4n) is 2.34. The topological polar surface area (TPSA) is 70.7 Å². The molecule has 1 rings (SSSR count). The van der Waals surface area contributed by atoms with E-state index in [4.69, 9.17) is 4.74 Å². The number of anilines is 1. The van der Waals surface area contributed by atoms with Crippen LogP contribution in [0, 0.1) is 0 Å². The van der Waals surface area contributed by atoms with Crippen molar-refractivity contribution >= 4 is 17.5 Å². The Kier molecular flexibility index (Phi) is 9.53. The van der Waals surface area contributed by atoms with Crippen LogP contribution in [0.4, 0.5) is 5.69 Å². The zero-order valence-electron chi connectivity index (χ0n) is 14.9. The van der Waals surface area contributed by atoms with Crippen molar-refractivity contribution in [3.8, 4) is 0 Å². The fourth-order valence-corrected chi connectivity index (χ4v) is 2.34. The van der Waals surface area contributed by atoms with Gasteiger partial charge in [-0.05, 0) is 31.0 Å². The molecule has 0 saturated carbocycles. The number of carbonyl (C=O) groups is 2. The van der Waals surface area contributed by atoms with E-state index in [0.29, 0.717) is 18.7 Å². The average Bonchev–Trinajstić information content (AvgIpc) is 2.59. The number of benzene rings is 1. The molecule has 0 atom stereocenters. The standard InChI is InChI=1S/C18H29N3O3/c1-4-10-21(11-5-2)18(23)15-7-6-8-16(13-15)20-14-17(22)19-9-12-24-3/h6-8,13,20H,4-5,9-12,14H2,1-3H3,(H,19,22). The Morgan fingerprint density at radius 3 is 2.50 bits per heavy atom. The highest BCUT2D eigenvalue weighted by molar-refractivity contribution is 5.95. The lowest BCUT2D eigenvalue weighted by atomic mass is 10.1. The Bertz CT molecular complexity index is 514. The summed E-state index contributed by atoms with van der Waals surface area (Å²) in [7, 11) is 1.59. The molecule has 0 aliphatic heterocycles. The van der Waals surface area contributed by atoms with E-state index in [1.165, 1.54) is 0 Å². The minimum absolute atomic E-state index is 0.0342. The maximum atomic E-state index is 12.6. The van der Waals surface area contributed by atoms with Crippen LogP contribution in [-0.2, 0) is 9.53 Å². The smallest absolute Gasteiger partial charge is 0.253 e. The Morgan fingerprint density at radius 2 is 1.88 bits per heavy atom. The van der Waals surface area contributed by atoms with Gasteiger partial charge in [-0.2, -0.15) is 0 Å². The first-order chi connectivity index (χ1) is 11.6. The Labute approximate surface area is 144 Å². The summed E-state index contributed by atoms with van der Waals surface area (Å²) in [5, 5.41) is 5.79. The quantitative estimate of drug-likeness (QED) is 0.608. The zero-order valence-corrected chi connectivity index (χ0v) is 14.9. The molecule has 134 valence electrons. The van der Waals surface area contributed by atoms with E-state index in [9.17, 15) is 9.59 Å². The normalized spacial score (nSPS) is 10.3. The van der Waals surface area contributed by atoms with Gasteiger partial charge in [-0.3, -0.25) is 9.59 Å². The van der Waals surface area contributed by atoms with Gasteiger partial charge < -0.3 is 20.3 Å². The highest BCUT2D eigenvalue weighted by Crippen LogP contribution is 2.13. The molecule has 0 spiro atoms. The lowest BCUT2D eigenvalue weighted by molar-refractivity contribution is -0.119. The number of amides is 2. The van der Waals surface area contributed by atoms with Gasteiger partial charge in [-0.15, -0.1) is 0 Å². The lowest BCUT2D eigenvalue weighted by Gasteiger charge is -2.21. The van der Waals surface area contributed by atoms with Gasteiger partial charge in [0.25, 0.3) is 5.91 Å². The Morgan fingerprint density at radius 1 is 1.17 bits per heavy atom. The summed E-state index contributed by atoms with van der Waals surface area (Å²) in [5.41, 5.74) is 1.40. The monoisotopic (exact) mass is 335 g/mol. The van der Waals surface area contributed by atoms with E-state index in [1.807, 2.05) is 23.1 Å². The maximum absolute atomic E-state index is 12.6. The third-order valence-corrected chi connectivity index (χ3v) is 3.47. The molecule has 2 N–H and O–H groups in total. The molecule has 24 heavy (non-hydrogen) atoms. The first kappa shape index (κ1) is 20.0. The number of nitrogens with zero attached hydrogens (tertiary/aromatic N) is 1. The van der Waals surface area contributed by atoms with Crippen LogP contribution in [0.5, 0.6) is 0 Å². The third-order valence-electron chi connectivity index (χ3n) is 3.47. The molecule has 1 aromatic rings. The molecule has 6 heteroatoms. The molecule has 0 aliphatic carbocycles. The Hall–Kier alpha value is -2.08. The van der Waals surface area contributed by atoms with E-state index in [1.54, 1.807) is 13.2 Å². The van der Waals surface area contributed by atoms with Gasteiger partial charge in [0.2, 0.25) is 5.91 Å². The number of nitrogens with one attached hydrogen (secondary N) is 2. The molecule has 2 amide bonds. The second-order valence-corrected chi connectivity index (χ2v) is 5.57. The number of rotatable bonds is 11. The van der Waals surface area contributed by atoms with Gasteiger partial charge >= 0.3 is 0 Å². The highest BCUT2D eigenvalue weighted by atomic mass is 16.5. The molecular formula is C18H29N3O3. The zero-order chi connectivity index (χ0) is 17.8. The first-order valence-corrected chi connectivity index (χ1v) is 8.51. The molecule has 0 aromatic heterocycles. The SMILES string of the molecule is CCCN(CCC)C(=O)c1cccc(NCC(=O)NCCOC)c1. The highest BCUT2D eigenvalue weighted by Gasteiger charge is 2.14. The van der Waals surface area contributed by atoms with E-state index < -0.39 is 0 Å². The molecule has 0 bridgehead atoms. The predicted molar refractivity (Wildman–Crippen MR) is 96.3 cm³/mol. The average molecular weight is 335 g/mol. The van der Waals surface area contributed by atoms with Crippen molar-refractivity contribution in [3.63, 3.8) is 0 Å². The minimum atomic E-state index is -0.109. The van der Waals surface area contributed by atoms with Crippen LogP contribution in [0.3, 0.4) is 0 Å². The number of carbonyl (C=O) groups excluding carboxylic acids is 2. The van der Waals surface area contributed by atoms with Gasteiger partial charge in [0, 0.05) is 38.0 Å². The number of methoxy groups -OCH3 is 1. The summed E-state index contributed by atoms with van der Waals surface area (Å²) in [5.74, 6) is -0.0748.